The fourth-order valence-corrected chi connectivity index (χ4v) is 4.20. The molecule has 0 aliphatic rings. The van der Waals surface area contributed by atoms with Gasteiger partial charge >= 0.3 is 0 Å². The first-order chi connectivity index (χ1) is 12.2. The lowest BCUT2D eigenvalue weighted by Gasteiger charge is -2.12. The highest BCUT2D eigenvalue weighted by atomic mass is 32.2. The first kappa shape index (κ1) is 19.2. The number of hydrogen-bond acceptors (Lipinski definition) is 6. The molecule has 0 radical (unpaired) electrons. The summed E-state index contributed by atoms with van der Waals surface area (Å²) in [7, 11) is -3.85. The van der Waals surface area contributed by atoms with E-state index in [2.05, 4.69) is 10.0 Å². The minimum atomic E-state index is -3.85. The molecule has 0 aliphatic carbocycles. The summed E-state index contributed by atoms with van der Waals surface area (Å²) in [6, 6.07) is 5.32. The third kappa shape index (κ3) is 4.50. The van der Waals surface area contributed by atoms with Crippen LogP contribution in [0.1, 0.15) is 25.2 Å². The average Bonchev–Trinajstić information content (AvgIpc) is 3.05. The molecule has 2 aromatic rings. The Morgan fingerprint density at radius 1 is 1.38 bits per heavy atom. The second kappa shape index (κ2) is 7.85. The maximum atomic E-state index is 12.7. The van der Waals surface area contributed by atoms with Gasteiger partial charge in [0.15, 0.2) is 9.84 Å². The first-order valence-corrected chi connectivity index (χ1v) is 9.21. The number of nitro groups is 1. The van der Waals surface area contributed by atoms with Gasteiger partial charge in [-0.05, 0) is 35.7 Å². The largest absolute Gasteiger partial charge is 0.465 e. The van der Waals surface area contributed by atoms with Gasteiger partial charge in [0.1, 0.15) is 5.76 Å². The van der Waals surface area contributed by atoms with E-state index in [1.807, 2.05) is 0 Å². The first-order valence-electron chi connectivity index (χ1n) is 7.56. The monoisotopic (exact) mass is 376 g/mol. The zero-order valence-electron chi connectivity index (χ0n) is 14.1. The van der Waals surface area contributed by atoms with Crippen molar-refractivity contribution in [3.63, 3.8) is 0 Å². The Kier molecular flexibility index (Phi) is 5.81. The summed E-state index contributed by atoms with van der Waals surface area (Å²) in [6.07, 6.45) is 4.34. The molecule has 2 rings (SSSR count). The summed E-state index contributed by atoms with van der Waals surface area (Å²) in [5, 5.41) is 14.6. The van der Waals surface area contributed by atoms with Crippen molar-refractivity contribution in [2.45, 2.75) is 18.7 Å². The molecule has 0 unspecified atom stereocenters. The molecule has 1 aromatic carbocycles. The van der Waals surface area contributed by atoms with E-state index < -0.39 is 20.4 Å². The van der Waals surface area contributed by atoms with E-state index in [9.17, 15) is 18.5 Å². The molecule has 0 fully saturated rings. The zero-order chi connectivity index (χ0) is 19.3. The summed E-state index contributed by atoms with van der Waals surface area (Å²) in [5.74, 6) is 0.0531. The molecular weight excluding hydrogens is 360 g/mol. The van der Waals surface area contributed by atoms with Crippen molar-refractivity contribution >= 4 is 33.4 Å². The number of furan rings is 1. The molecule has 0 atom stereocenters. The van der Waals surface area contributed by atoms with Gasteiger partial charge in [0, 0.05) is 22.6 Å². The van der Waals surface area contributed by atoms with Crippen LogP contribution in [0.25, 0.3) is 22.6 Å². The van der Waals surface area contributed by atoms with Gasteiger partial charge in [-0.15, -0.1) is 0 Å². The van der Waals surface area contributed by atoms with Crippen molar-refractivity contribution in [2.24, 2.45) is 11.0 Å². The van der Waals surface area contributed by atoms with Gasteiger partial charge in [0.2, 0.25) is 0 Å². The van der Waals surface area contributed by atoms with Crippen molar-refractivity contribution < 1.29 is 17.8 Å². The maximum Gasteiger partial charge on any atom is 0.271 e. The van der Waals surface area contributed by atoms with Crippen LogP contribution in [0.3, 0.4) is 0 Å². The van der Waals surface area contributed by atoms with Crippen LogP contribution in [-0.2, 0) is 9.84 Å². The van der Waals surface area contributed by atoms with Crippen LogP contribution in [0, 0.1) is 16.0 Å². The Labute approximate surface area is 149 Å². The lowest BCUT2D eigenvalue weighted by Crippen LogP contribution is -2.13. The number of non-ortho nitro benzene ring substituents is 1. The van der Waals surface area contributed by atoms with E-state index in [0.717, 1.165) is 12.1 Å². The molecule has 0 bridgehead atoms. The van der Waals surface area contributed by atoms with Crippen molar-refractivity contribution in [3.05, 3.63) is 62.4 Å². The van der Waals surface area contributed by atoms with Crippen LogP contribution in [0.4, 0.5) is 11.4 Å². The highest BCUT2D eigenvalue weighted by molar-refractivity contribution is 7.91. The lowest BCUT2D eigenvalue weighted by atomic mass is 10.1. The van der Waals surface area contributed by atoms with Crippen LogP contribution >= 0.6 is 0 Å². The normalized spacial score (nSPS) is 11.7. The molecule has 1 heterocycles. The van der Waals surface area contributed by atoms with E-state index in [-0.39, 0.29) is 27.8 Å². The number of benzene rings is 1. The lowest BCUT2D eigenvalue weighted by molar-refractivity contribution is -0.385. The molecule has 0 saturated carbocycles. The SMILES string of the molecule is CC(C)CS(=O)(=O)c1cc([N+](=O)[O-])cc(N=[N+]=[N-])c1/C=C/c1ccco1. The summed E-state index contributed by atoms with van der Waals surface area (Å²) in [4.78, 5) is 12.8. The Hall–Kier alpha value is -3.10. The van der Waals surface area contributed by atoms with E-state index in [4.69, 9.17) is 9.95 Å². The second-order valence-electron chi connectivity index (χ2n) is 5.85. The highest BCUT2D eigenvalue weighted by Crippen LogP contribution is 2.34. The van der Waals surface area contributed by atoms with Crippen molar-refractivity contribution in [1.29, 1.82) is 0 Å². The second-order valence-corrected chi connectivity index (χ2v) is 7.85. The minimum absolute atomic E-state index is 0.0745. The van der Waals surface area contributed by atoms with E-state index in [0.29, 0.717) is 5.76 Å². The van der Waals surface area contributed by atoms with Crippen molar-refractivity contribution in [3.8, 4) is 0 Å². The molecule has 0 amide bonds. The van der Waals surface area contributed by atoms with E-state index in [1.165, 1.54) is 18.4 Å². The van der Waals surface area contributed by atoms with Crippen molar-refractivity contribution in [1.82, 2.24) is 0 Å². The van der Waals surface area contributed by atoms with Gasteiger partial charge in [0.05, 0.1) is 27.5 Å². The predicted molar refractivity (Wildman–Crippen MR) is 96.4 cm³/mol. The summed E-state index contributed by atoms with van der Waals surface area (Å²) >= 11 is 0. The Balaban J connectivity index is 2.76. The van der Waals surface area contributed by atoms with Gasteiger partial charge in [-0.1, -0.05) is 19.0 Å². The minimum Gasteiger partial charge on any atom is -0.465 e. The Morgan fingerprint density at radius 2 is 2.12 bits per heavy atom. The molecule has 9 nitrogen and oxygen atoms in total. The topological polar surface area (TPSA) is 139 Å². The van der Waals surface area contributed by atoms with Crippen molar-refractivity contribution in [2.75, 3.05) is 5.75 Å². The Morgan fingerprint density at radius 3 is 2.65 bits per heavy atom. The molecule has 26 heavy (non-hydrogen) atoms. The quantitative estimate of drug-likeness (QED) is 0.226. The molecule has 0 spiro atoms. The number of nitro benzene ring substituents is 1. The highest BCUT2D eigenvalue weighted by Gasteiger charge is 2.25. The number of nitrogens with zero attached hydrogens (tertiary/aromatic N) is 4. The van der Waals surface area contributed by atoms with Gasteiger partial charge < -0.3 is 4.42 Å². The standard InChI is InChI=1S/C16H16N4O5S/c1-11(2)10-26(23,24)16-9-12(20(21)22)8-15(18-19-17)14(16)6-5-13-4-3-7-25-13/h3-9,11H,10H2,1-2H3/b6-5+. The average molecular weight is 376 g/mol. The number of rotatable bonds is 7. The molecule has 10 heteroatoms. The summed E-state index contributed by atoms with van der Waals surface area (Å²) < 4.78 is 30.6. The zero-order valence-corrected chi connectivity index (χ0v) is 14.9. The fourth-order valence-electron chi connectivity index (χ4n) is 2.34. The third-order valence-corrected chi connectivity index (χ3v) is 5.43. The van der Waals surface area contributed by atoms with Crippen LogP contribution in [-0.4, -0.2) is 19.1 Å². The summed E-state index contributed by atoms with van der Waals surface area (Å²) in [5.41, 5.74) is 8.22. The maximum absolute atomic E-state index is 12.7. The van der Waals surface area contributed by atoms with Crippen LogP contribution in [0.5, 0.6) is 0 Å². The van der Waals surface area contributed by atoms with Crippen LogP contribution in [0.2, 0.25) is 0 Å². The molecular formula is C16H16N4O5S. The van der Waals surface area contributed by atoms with Crippen LogP contribution in [0.15, 0.2) is 45.0 Å². The Bertz CT molecular complexity index is 988. The van der Waals surface area contributed by atoms with Gasteiger partial charge in [-0.2, -0.15) is 0 Å². The molecule has 136 valence electrons. The van der Waals surface area contributed by atoms with Crippen LogP contribution < -0.4 is 0 Å². The van der Waals surface area contributed by atoms with E-state index >= 15 is 0 Å². The number of sulfone groups is 1. The fraction of sp³-hybridized carbons (Fsp3) is 0.250. The summed E-state index contributed by atoms with van der Waals surface area (Å²) in [6.45, 7) is 3.45. The molecule has 1 aromatic heterocycles. The van der Waals surface area contributed by atoms with Gasteiger partial charge in [-0.3, -0.25) is 10.1 Å². The number of azide groups is 1. The smallest absolute Gasteiger partial charge is 0.271 e. The third-order valence-electron chi connectivity index (χ3n) is 3.31. The molecule has 0 saturated heterocycles. The van der Waals surface area contributed by atoms with E-state index in [1.54, 1.807) is 26.0 Å². The predicted octanol–water partition coefficient (Wildman–Crippen LogP) is 4.73. The molecule has 0 N–H and O–H groups in total. The molecule has 0 aliphatic heterocycles. The van der Waals surface area contributed by atoms with Gasteiger partial charge in [0.25, 0.3) is 5.69 Å². The van der Waals surface area contributed by atoms with Gasteiger partial charge in [-0.25, -0.2) is 8.42 Å². The number of hydrogen-bond donors (Lipinski definition) is 0.